The minimum absolute atomic E-state index is 0.0605. The highest BCUT2D eigenvalue weighted by atomic mass is 35.5. The second-order valence-corrected chi connectivity index (χ2v) is 7.97. The maximum Gasteiger partial charge on any atom is 0.249 e. The van der Waals surface area contributed by atoms with Gasteiger partial charge in [-0.05, 0) is 25.0 Å². The predicted molar refractivity (Wildman–Crippen MR) is 106 cm³/mol. The molecule has 1 aromatic heterocycles. The SMILES string of the molecule is CC[C@H](C)[C@@H](NC(=O)[C@@H](C)Cl)C(=O)Nc1nnc(-c2cccc(Cl)c2)s1. The minimum atomic E-state index is -0.717. The Balaban J connectivity index is 2.12. The van der Waals surface area contributed by atoms with Crippen molar-refractivity contribution in [1.82, 2.24) is 15.5 Å². The normalized spacial score (nSPS) is 14.3. The molecule has 3 atom stereocenters. The zero-order valence-corrected chi connectivity index (χ0v) is 17.0. The molecular weight excluding hydrogens is 395 g/mol. The Labute approximate surface area is 166 Å². The summed E-state index contributed by atoms with van der Waals surface area (Å²) < 4.78 is 0. The van der Waals surface area contributed by atoms with Crippen molar-refractivity contribution in [2.24, 2.45) is 5.92 Å². The summed E-state index contributed by atoms with van der Waals surface area (Å²) in [6, 6.07) is 6.53. The second kappa shape index (κ2) is 9.30. The Morgan fingerprint density at radius 1 is 1.23 bits per heavy atom. The molecule has 0 fully saturated rings. The molecule has 1 aromatic carbocycles. The number of rotatable bonds is 7. The molecule has 0 aliphatic carbocycles. The molecule has 2 N–H and O–H groups in total. The molecule has 0 saturated heterocycles. The molecule has 2 aromatic rings. The molecule has 26 heavy (non-hydrogen) atoms. The third kappa shape index (κ3) is 5.40. The van der Waals surface area contributed by atoms with Crippen LogP contribution in [-0.2, 0) is 9.59 Å². The van der Waals surface area contributed by atoms with Crippen LogP contribution < -0.4 is 10.6 Å². The van der Waals surface area contributed by atoms with Gasteiger partial charge in [0.05, 0.1) is 0 Å². The topological polar surface area (TPSA) is 84.0 Å². The van der Waals surface area contributed by atoms with Crippen molar-refractivity contribution in [2.45, 2.75) is 38.6 Å². The zero-order valence-electron chi connectivity index (χ0n) is 14.6. The van der Waals surface area contributed by atoms with E-state index in [0.29, 0.717) is 15.2 Å². The maximum atomic E-state index is 12.6. The van der Waals surface area contributed by atoms with Gasteiger partial charge in [0.15, 0.2) is 0 Å². The summed E-state index contributed by atoms with van der Waals surface area (Å²) in [6.07, 6.45) is 0.721. The average molecular weight is 415 g/mol. The molecule has 0 unspecified atom stereocenters. The number of halogens is 2. The second-order valence-electron chi connectivity index (χ2n) is 5.90. The van der Waals surface area contributed by atoms with Crippen molar-refractivity contribution in [3.8, 4) is 10.6 Å². The van der Waals surface area contributed by atoms with Crippen LogP contribution in [-0.4, -0.2) is 33.4 Å². The Bertz CT molecular complexity index is 782. The van der Waals surface area contributed by atoms with Gasteiger partial charge in [0, 0.05) is 10.6 Å². The summed E-state index contributed by atoms with van der Waals surface area (Å²) >= 11 is 13.0. The fourth-order valence-corrected chi connectivity index (χ4v) is 3.16. The molecule has 140 valence electrons. The number of hydrogen-bond donors (Lipinski definition) is 2. The predicted octanol–water partition coefficient (Wildman–Crippen LogP) is 3.96. The molecule has 0 spiro atoms. The number of amides is 2. The van der Waals surface area contributed by atoms with E-state index in [4.69, 9.17) is 23.2 Å². The van der Waals surface area contributed by atoms with Crippen LogP contribution in [0.3, 0.4) is 0 Å². The molecule has 2 rings (SSSR count). The lowest BCUT2D eigenvalue weighted by atomic mass is 9.98. The van der Waals surface area contributed by atoms with Crippen molar-refractivity contribution in [2.75, 3.05) is 5.32 Å². The molecular formula is C17H20Cl2N4O2S. The minimum Gasteiger partial charge on any atom is -0.343 e. The van der Waals surface area contributed by atoms with E-state index in [0.717, 1.165) is 12.0 Å². The molecule has 6 nitrogen and oxygen atoms in total. The number of nitrogens with one attached hydrogen (secondary N) is 2. The lowest BCUT2D eigenvalue weighted by Gasteiger charge is -2.23. The van der Waals surface area contributed by atoms with E-state index in [-0.39, 0.29) is 17.7 Å². The van der Waals surface area contributed by atoms with Crippen LogP contribution in [0.25, 0.3) is 10.6 Å². The van der Waals surface area contributed by atoms with Crippen LogP contribution in [0.5, 0.6) is 0 Å². The van der Waals surface area contributed by atoms with Crippen molar-refractivity contribution >= 4 is 51.5 Å². The molecule has 0 aliphatic rings. The van der Waals surface area contributed by atoms with Gasteiger partial charge >= 0.3 is 0 Å². The monoisotopic (exact) mass is 414 g/mol. The van der Waals surface area contributed by atoms with Crippen molar-refractivity contribution < 1.29 is 9.59 Å². The lowest BCUT2D eigenvalue weighted by Crippen LogP contribution is -2.49. The summed E-state index contributed by atoms with van der Waals surface area (Å²) in [6.45, 7) is 5.40. The fraction of sp³-hybridized carbons (Fsp3) is 0.412. The summed E-state index contributed by atoms with van der Waals surface area (Å²) in [4.78, 5) is 24.5. The first kappa shape index (κ1) is 20.6. The van der Waals surface area contributed by atoms with E-state index in [1.165, 1.54) is 11.3 Å². The highest BCUT2D eigenvalue weighted by Crippen LogP contribution is 2.28. The number of anilines is 1. The van der Waals surface area contributed by atoms with Crippen LogP contribution in [0.4, 0.5) is 5.13 Å². The maximum absolute atomic E-state index is 12.6. The van der Waals surface area contributed by atoms with E-state index in [9.17, 15) is 9.59 Å². The highest BCUT2D eigenvalue weighted by molar-refractivity contribution is 7.18. The first-order valence-electron chi connectivity index (χ1n) is 8.16. The van der Waals surface area contributed by atoms with Gasteiger partial charge in [-0.3, -0.25) is 14.9 Å². The third-order valence-corrected chi connectivity index (χ3v) is 5.20. The number of aromatic nitrogens is 2. The van der Waals surface area contributed by atoms with Crippen molar-refractivity contribution in [1.29, 1.82) is 0 Å². The van der Waals surface area contributed by atoms with Gasteiger partial charge in [0.2, 0.25) is 16.9 Å². The number of nitrogens with zero attached hydrogens (tertiary/aromatic N) is 2. The number of carbonyl (C=O) groups excluding carboxylic acids is 2. The smallest absolute Gasteiger partial charge is 0.249 e. The number of hydrogen-bond acceptors (Lipinski definition) is 5. The molecule has 9 heteroatoms. The van der Waals surface area contributed by atoms with Crippen molar-refractivity contribution in [3.63, 3.8) is 0 Å². The summed E-state index contributed by atoms with van der Waals surface area (Å²) in [5.74, 6) is -0.794. The molecule has 2 amide bonds. The molecule has 0 aliphatic heterocycles. The van der Waals surface area contributed by atoms with E-state index in [2.05, 4.69) is 20.8 Å². The first-order valence-corrected chi connectivity index (χ1v) is 9.79. The highest BCUT2D eigenvalue weighted by Gasteiger charge is 2.28. The van der Waals surface area contributed by atoms with Crippen LogP contribution in [0.1, 0.15) is 27.2 Å². The number of alkyl halides is 1. The molecule has 0 saturated carbocycles. The van der Waals surface area contributed by atoms with E-state index < -0.39 is 11.4 Å². The molecule has 1 heterocycles. The van der Waals surface area contributed by atoms with Gasteiger partial charge in [-0.25, -0.2) is 0 Å². The Morgan fingerprint density at radius 2 is 1.96 bits per heavy atom. The average Bonchev–Trinajstić information content (AvgIpc) is 3.07. The Hall–Kier alpha value is -1.70. The van der Waals surface area contributed by atoms with Gasteiger partial charge in [0.1, 0.15) is 16.4 Å². The van der Waals surface area contributed by atoms with Gasteiger partial charge in [-0.2, -0.15) is 0 Å². The number of benzene rings is 1. The summed E-state index contributed by atoms with van der Waals surface area (Å²) in [7, 11) is 0. The zero-order chi connectivity index (χ0) is 19.3. The molecule has 0 bridgehead atoms. The third-order valence-electron chi connectivity index (χ3n) is 3.88. The van der Waals surface area contributed by atoms with E-state index in [1.807, 2.05) is 26.0 Å². The standard InChI is InChI=1S/C17H20Cl2N4O2S/c1-4-9(2)13(20-14(24)10(3)18)15(25)21-17-23-22-16(26-17)11-6-5-7-12(19)8-11/h5-10,13H,4H2,1-3H3,(H,20,24)(H,21,23,25)/t9-,10+,13+/m0/s1. The van der Waals surface area contributed by atoms with Gasteiger partial charge < -0.3 is 5.32 Å². The van der Waals surface area contributed by atoms with Crippen molar-refractivity contribution in [3.05, 3.63) is 29.3 Å². The van der Waals surface area contributed by atoms with E-state index in [1.54, 1.807) is 19.1 Å². The summed E-state index contributed by atoms with van der Waals surface area (Å²) in [5.41, 5.74) is 0.818. The Kier molecular flexibility index (Phi) is 7.37. The molecule has 0 radical (unpaired) electrons. The van der Waals surface area contributed by atoms with Gasteiger partial charge in [-0.15, -0.1) is 21.8 Å². The van der Waals surface area contributed by atoms with E-state index >= 15 is 0 Å². The number of carbonyl (C=O) groups is 2. The first-order chi connectivity index (χ1) is 12.3. The lowest BCUT2D eigenvalue weighted by molar-refractivity contribution is -0.127. The largest absolute Gasteiger partial charge is 0.343 e. The Morgan fingerprint density at radius 3 is 2.58 bits per heavy atom. The van der Waals surface area contributed by atoms with Crippen LogP contribution in [0.2, 0.25) is 5.02 Å². The van der Waals surface area contributed by atoms with Crippen LogP contribution in [0, 0.1) is 5.92 Å². The fourth-order valence-electron chi connectivity index (χ4n) is 2.17. The van der Waals surface area contributed by atoms with Crippen LogP contribution in [0.15, 0.2) is 24.3 Å². The summed E-state index contributed by atoms with van der Waals surface area (Å²) in [5, 5.41) is 14.4. The quantitative estimate of drug-likeness (QED) is 0.671. The van der Waals surface area contributed by atoms with Crippen LogP contribution >= 0.6 is 34.5 Å². The van der Waals surface area contributed by atoms with Gasteiger partial charge in [0.25, 0.3) is 0 Å². The van der Waals surface area contributed by atoms with Gasteiger partial charge in [-0.1, -0.05) is 55.3 Å².